The van der Waals surface area contributed by atoms with Crippen molar-refractivity contribution in [3.8, 4) is 0 Å². The molecule has 0 atom stereocenters. The van der Waals surface area contributed by atoms with Gasteiger partial charge in [-0.2, -0.15) is 5.10 Å². The third-order valence-corrected chi connectivity index (χ3v) is 3.33. The van der Waals surface area contributed by atoms with E-state index in [2.05, 4.69) is 34.3 Å². The average molecular weight is 283 g/mol. The van der Waals surface area contributed by atoms with Crippen molar-refractivity contribution < 1.29 is 4.79 Å². The van der Waals surface area contributed by atoms with E-state index in [1.54, 1.807) is 6.33 Å². The van der Waals surface area contributed by atoms with Crippen LogP contribution >= 0.6 is 0 Å². The zero-order valence-electron chi connectivity index (χ0n) is 12.0. The summed E-state index contributed by atoms with van der Waals surface area (Å²) in [6, 6.07) is 9.58. The number of benzene rings is 1. The minimum absolute atomic E-state index is 0.125. The lowest BCUT2D eigenvalue weighted by Gasteiger charge is -2.04. The summed E-state index contributed by atoms with van der Waals surface area (Å²) in [6.07, 6.45) is 1.67. The lowest BCUT2D eigenvalue weighted by molar-refractivity contribution is -0.116. The molecule has 0 unspecified atom stereocenters. The van der Waals surface area contributed by atoms with Gasteiger partial charge in [-0.3, -0.25) is 9.89 Å². The Bertz CT molecular complexity index is 771. The molecule has 0 radical (unpaired) electrons. The van der Waals surface area contributed by atoms with Gasteiger partial charge in [-0.25, -0.2) is 4.98 Å². The van der Waals surface area contributed by atoms with Crippen LogP contribution in [0.25, 0.3) is 11.0 Å². The summed E-state index contributed by atoms with van der Waals surface area (Å²) >= 11 is 0. The number of carbonyl (C=O) groups excluding carboxylic acids is 1. The number of carbonyl (C=O) groups is 1. The van der Waals surface area contributed by atoms with E-state index in [1.165, 1.54) is 0 Å². The summed E-state index contributed by atoms with van der Waals surface area (Å²) in [5, 5.41) is 9.79. The average Bonchev–Trinajstić information content (AvgIpc) is 3.07. The van der Waals surface area contributed by atoms with Crippen LogP contribution in [0.4, 0.5) is 5.82 Å². The molecule has 0 aliphatic heterocycles. The molecular formula is C15H17N5O. The summed E-state index contributed by atoms with van der Waals surface area (Å²) in [5.74, 6) is 0.772. The minimum atomic E-state index is -0.125. The largest absolute Gasteiger partial charge is 0.321 e. The van der Waals surface area contributed by atoms with Gasteiger partial charge in [-0.05, 0) is 18.1 Å². The van der Waals surface area contributed by atoms with Crippen molar-refractivity contribution in [2.75, 3.05) is 5.32 Å². The second kappa shape index (κ2) is 5.40. The van der Waals surface area contributed by atoms with E-state index in [0.29, 0.717) is 11.7 Å². The van der Waals surface area contributed by atoms with Crippen LogP contribution in [0.15, 0.2) is 36.7 Å². The predicted octanol–water partition coefficient (Wildman–Crippen LogP) is 2.52. The topological polar surface area (TPSA) is 75.6 Å². The van der Waals surface area contributed by atoms with Gasteiger partial charge in [-0.1, -0.05) is 26.0 Å². The van der Waals surface area contributed by atoms with Crippen LogP contribution < -0.4 is 5.32 Å². The van der Waals surface area contributed by atoms with E-state index in [-0.39, 0.29) is 12.5 Å². The highest BCUT2D eigenvalue weighted by Crippen LogP contribution is 2.15. The van der Waals surface area contributed by atoms with Gasteiger partial charge in [0.25, 0.3) is 0 Å². The maximum atomic E-state index is 12.1. The van der Waals surface area contributed by atoms with Crippen LogP contribution in [0.1, 0.15) is 25.5 Å². The Hall–Kier alpha value is -2.63. The van der Waals surface area contributed by atoms with E-state index in [1.807, 2.05) is 34.9 Å². The fourth-order valence-electron chi connectivity index (χ4n) is 2.17. The zero-order chi connectivity index (χ0) is 14.8. The van der Waals surface area contributed by atoms with Gasteiger partial charge in [0.2, 0.25) is 5.91 Å². The molecule has 0 saturated carbocycles. The quantitative estimate of drug-likeness (QED) is 0.772. The fraction of sp³-hybridized carbons (Fsp3) is 0.267. The molecule has 2 N–H and O–H groups in total. The van der Waals surface area contributed by atoms with Gasteiger partial charge in [-0.15, -0.1) is 0 Å². The number of fused-ring (bicyclic) bond motifs is 1. The van der Waals surface area contributed by atoms with E-state index in [0.717, 1.165) is 16.7 Å². The summed E-state index contributed by atoms with van der Waals surface area (Å²) < 4.78 is 1.82. The molecule has 108 valence electrons. The minimum Gasteiger partial charge on any atom is -0.321 e. The van der Waals surface area contributed by atoms with Crippen molar-refractivity contribution in [1.29, 1.82) is 0 Å². The third-order valence-electron chi connectivity index (χ3n) is 3.33. The van der Waals surface area contributed by atoms with Crippen LogP contribution in [0.3, 0.4) is 0 Å². The number of anilines is 1. The monoisotopic (exact) mass is 283 g/mol. The molecule has 0 aliphatic rings. The maximum Gasteiger partial charge on any atom is 0.245 e. The normalized spacial score (nSPS) is 11.2. The molecule has 1 aromatic carbocycles. The Morgan fingerprint density at radius 3 is 2.95 bits per heavy atom. The summed E-state index contributed by atoms with van der Waals surface area (Å²) in [7, 11) is 0. The maximum absolute atomic E-state index is 12.1. The molecule has 1 amide bonds. The highest BCUT2D eigenvalue weighted by Gasteiger charge is 2.10. The number of nitrogens with zero attached hydrogens (tertiary/aromatic N) is 3. The van der Waals surface area contributed by atoms with Crippen LogP contribution in [0, 0.1) is 0 Å². The SMILES string of the molecule is CC(C)c1cc(NC(=O)Cn2cnc3ccccc32)n[nH]1. The molecule has 0 aliphatic carbocycles. The molecule has 0 fully saturated rings. The van der Waals surface area contributed by atoms with Gasteiger partial charge in [0.15, 0.2) is 5.82 Å². The van der Waals surface area contributed by atoms with Gasteiger partial charge in [0.1, 0.15) is 6.54 Å². The van der Waals surface area contributed by atoms with E-state index in [9.17, 15) is 4.79 Å². The third kappa shape index (κ3) is 2.79. The highest BCUT2D eigenvalue weighted by atomic mass is 16.2. The number of imidazole rings is 1. The Morgan fingerprint density at radius 2 is 2.19 bits per heavy atom. The zero-order valence-corrected chi connectivity index (χ0v) is 12.0. The number of nitrogens with one attached hydrogen (secondary N) is 2. The molecule has 3 aromatic rings. The van der Waals surface area contributed by atoms with Crippen molar-refractivity contribution >= 4 is 22.8 Å². The molecule has 0 bridgehead atoms. The first-order valence-electron chi connectivity index (χ1n) is 6.88. The van der Waals surface area contributed by atoms with Gasteiger partial charge in [0.05, 0.1) is 17.4 Å². The number of rotatable bonds is 4. The van der Waals surface area contributed by atoms with Crippen LogP contribution in [-0.2, 0) is 11.3 Å². The Morgan fingerprint density at radius 1 is 1.38 bits per heavy atom. The molecule has 21 heavy (non-hydrogen) atoms. The lowest BCUT2D eigenvalue weighted by Crippen LogP contribution is -2.18. The second-order valence-corrected chi connectivity index (χ2v) is 5.27. The number of H-pyrrole nitrogens is 1. The fourth-order valence-corrected chi connectivity index (χ4v) is 2.17. The van der Waals surface area contributed by atoms with E-state index < -0.39 is 0 Å². The molecule has 0 spiro atoms. The molecule has 2 heterocycles. The Balaban J connectivity index is 1.71. The van der Waals surface area contributed by atoms with Crippen molar-refractivity contribution in [3.63, 3.8) is 0 Å². The first-order chi connectivity index (χ1) is 10.1. The molecule has 0 saturated heterocycles. The summed E-state index contributed by atoms with van der Waals surface area (Å²) in [4.78, 5) is 16.4. The number of hydrogen-bond donors (Lipinski definition) is 2. The number of hydrogen-bond acceptors (Lipinski definition) is 3. The molecular weight excluding hydrogens is 266 g/mol. The van der Waals surface area contributed by atoms with Crippen molar-refractivity contribution in [3.05, 3.63) is 42.4 Å². The van der Waals surface area contributed by atoms with Crippen molar-refractivity contribution in [2.45, 2.75) is 26.3 Å². The number of aromatic amines is 1. The summed E-state index contributed by atoms with van der Waals surface area (Å²) in [5.41, 5.74) is 2.82. The first kappa shape index (κ1) is 13.4. The van der Waals surface area contributed by atoms with Crippen LogP contribution in [0.2, 0.25) is 0 Å². The first-order valence-corrected chi connectivity index (χ1v) is 6.88. The van der Waals surface area contributed by atoms with Crippen LogP contribution in [0.5, 0.6) is 0 Å². The lowest BCUT2D eigenvalue weighted by atomic mass is 10.1. The van der Waals surface area contributed by atoms with Gasteiger partial charge in [0, 0.05) is 11.8 Å². The molecule has 2 aromatic heterocycles. The van der Waals surface area contributed by atoms with Gasteiger partial charge < -0.3 is 9.88 Å². The number of para-hydroxylation sites is 2. The number of amides is 1. The number of aromatic nitrogens is 4. The Labute approximate surface area is 122 Å². The second-order valence-electron chi connectivity index (χ2n) is 5.27. The van der Waals surface area contributed by atoms with Gasteiger partial charge >= 0.3 is 0 Å². The molecule has 6 nitrogen and oxygen atoms in total. The summed E-state index contributed by atoms with van der Waals surface area (Å²) in [6.45, 7) is 4.35. The molecule has 6 heteroatoms. The smallest absolute Gasteiger partial charge is 0.245 e. The van der Waals surface area contributed by atoms with Crippen molar-refractivity contribution in [2.24, 2.45) is 0 Å². The van der Waals surface area contributed by atoms with Crippen molar-refractivity contribution in [1.82, 2.24) is 19.7 Å². The Kier molecular flexibility index (Phi) is 3.43. The van der Waals surface area contributed by atoms with E-state index in [4.69, 9.17) is 0 Å². The molecule has 3 rings (SSSR count). The predicted molar refractivity (Wildman–Crippen MR) is 81.0 cm³/mol. The highest BCUT2D eigenvalue weighted by molar-refractivity contribution is 5.90. The van der Waals surface area contributed by atoms with Crippen LogP contribution in [-0.4, -0.2) is 25.7 Å². The van der Waals surface area contributed by atoms with E-state index >= 15 is 0 Å². The standard InChI is InChI=1S/C15H17N5O/c1-10(2)12-7-14(19-18-12)17-15(21)8-20-9-16-11-5-3-4-6-13(11)20/h3-7,9-10H,8H2,1-2H3,(H2,17,18,19,21).